The third-order valence-electron chi connectivity index (χ3n) is 5.74. The van der Waals surface area contributed by atoms with Gasteiger partial charge in [0.1, 0.15) is 5.41 Å². The first-order chi connectivity index (χ1) is 13.5. The highest BCUT2D eigenvalue weighted by Gasteiger charge is 2.44. The summed E-state index contributed by atoms with van der Waals surface area (Å²) in [6.45, 7) is 0.751. The summed E-state index contributed by atoms with van der Waals surface area (Å²) in [4.78, 5) is 26.5. The number of rotatable bonds is 7. The third kappa shape index (κ3) is 4.24. The maximum atomic E-state index is 13.0. The molecule has 28 heavy (non-hydrogen) atoms. The van der Waals surface area contributed by atoms with Crippen molar-refractivity contribution in [2.45, 2.75) is 44.6 Å². The topological polar surface area (TPSA) is 85.3 Å². The first-order valence-electron chi connectivity index (χ1n) is 9.85. The van der Waals surface area contributed by atoms with Gasteiger partial charge in [-0.1, -0.05) is 0 Å². The molecule has 1 unspecified atom stereocenters. The summed E-state index contributed by atoms with van der Waals surface area (Å²) in [5, 5.41) is 9.69. The molecule has 1 aromatic rings. The van der Waals surface area contributed by atoms with Gasteiger partial charge >= 0.3 is 5.97 Å². The van der Waals surface area contributed by atoms with Gasteiger partial charge in [0.25, 0.3) is 5.91 Å². The molecule has 2 aliphatic rings. The molecule has 1 aliphatic carbocycles. The van der Waals surface area contributed by atoms with Gasteiger partial charge in [0.2, 0.25) is 0 Å². The number of methoxy groups -OCH3 is 2. The number of nitrogens with zero attached hydrogens (tertiary/aromatic N) is 1. The lowest BCUT2D eigenvalue weighted by molar-refractivity contribution is -0.155. The predicted molar refractivity (Wildman–Crippen MR) is 103 cm³/mol. The van der Waals surface area contributed by atoms with Crippen LogP contribution in [0.3, 0.4) is 0 Å². The summed E-state index contributed by atoms with van der Waals surface area (Å²) in [6, 6.07) is 5.18. The second-order valence-electron chi connectivity index (χ2n) is 7.74. The molecule has 0 aromatic heterocycles. The summed E-state index contributed by atoms with van der Waals surface area (Å²) < 4.78 is 16.6. The number of carboxylic acid groups (broad SMARTS) is 1. The first kappa shape index (κ1) is 20.5. The second kappa shape index (κ2) is 8.82. The fraction of sp³-hybridized carbons (Fsp3) is 0.619. The molecule has 154 valence electrons. The van der Waals surface area contributed by atoms with Crippen molar-refractivity contribution in [3.05, 3.63) is 23.8 Å². The number of ether oxygens (including phenoxy) is 3. The predicted octanol–water partition coefficient (Wildman–Crippen LogP) is 2.97. The number of carbonyl (C=O) groups excluding carboxylic acids is 1. The second-order valence-corrected chi connectivity index (χ2v) is 7.74. The number of benzene rings is 1. The molecule has 0 radical (unpaired) electrons. The van der Waals surface area contributed by atoms with Gasteiger partial charge in [0, 0.05) is 25.8 Å². The number of hydrogen-bond acceptors (Lipinski definition) is 5. The molecule has 0 bridgehead atoms. The Kier molecular flexibility index (Phi) is 6.44. The van der Waals surface area contributed by atoms with E-state index < -0.39 is 11.4 Å². The maximum Gasteiger partial charge on any atom is 0.313 e. The molecular formula is C21H29NO6. The van der Waals surface area contributed by atoms with E-state index in [-0.39, 0.29) is 25.2 Å². The van der Waals surface area contributed by atoms with Crippen molar-refractivity contribution in [2.24, 2.45) is 5.41 Å². The minimum atomic E-state index is -1.06. The number of hydrogen-bond donors (Lipinski definition) is 1. The van der Waals surface area contributed by atoms with Gasteiger partial charge in [-0.05, 0) is 56.7 Å². The molecule has 1 saturated heterocycles. The van der Waals surface area contributed by atoms with Gasteiger partial charge in [-0.2, -0.15) is 0 Å². The smallest absolute Gasteiger partial charge is 0.313 e. The normalized spacial score (nSPS) is 22.9. The Balaban J connectivity index is 1.76. The lowest BCUT2D eigenvalue weighted by Crippen LogP contribution is -2.52. The van der Waals surface area contributed by atoms with Gasteiger partial charge < -0.3 is 24.2 Å². The molecule has 3 rings (SSSR count). The summed E-state index contributed by atoms with van der Waals surface area (Å²) in [6.07, 6.45) is 5.74. The molecule has 0 spiro atoms. The van der Waals surface area contributed by atoms with E-state index in [2.05, 4.69) is 0 Å². The Bertz CT molecular complexity index is 711. The van der Waals surface area contributed by atoms with Gasteiger partial charge in [0.05, 0.1) is 19.8 Å². The van der Waals surface area contributed by atoms with Crippen molar-refractivity contribution in [3.8, 4) is 11.5 Å². The van der Waals surface area contributed by atoms with Crippen LogP contribution in [0.15, 0.2) is 18.2 Å². The molecule has 7 nitrogen and oxygen atoms in total. The molecule has 1 heterocycles. The van der Waals surface area contributed by atoms with Crippen LogP contribution in [0.1, 0.15) is 48.9 Å². The van der Waals surface area contributed by atoms with Crippen LogP contribution in [0.2, 0.25) is 0 Å². The monoisotopic (exact) mass is 391 g/mol. The van der Waals surface area contributed by atoms with E-state index in [0.717, 1.165) is 12.8 Å². The van der Waals surface area contributed by atoms with E-state index in [1.54, 1.807) is 30.2 Å². The number of carbonyl (C=O) groups is 2. The number of amides is 1. The lowest BCUT2D eigenvalue weighted by atomic mass is 9.80. The highest BCUT2D eigenvalue weighted by atomic mass is 16.5. The first-order valence-corrected chi connectivity index (χ1v) is 9.85. The van der Waals surface area contributed by atoms with Crippen molar-refractivity contribution in [1.29, 1.82) is 0 Å². The van der Waals surface area contributed by atoms with Gasteiger partial charge in [0.15, 0.2) is 11.5 Å². The van der Waals surface area contributed by atoms with Crippen LogP contribution in [-0.2, 0) is 9.53 Å². The highest BCUT2D eigenvalue weighted by Crippen LogP contribution is 2.35. The zero-order chi connectivity index (χ0) is 20.1. The fourth-order valence-corrected chi connectivity index (χ4v) is 4.20. The minimum absolute atomic E-state index is 0.0869. The Hall–Kier alpha value is -2.28. The summed E-state index contributed by atoms with van der Waals surface area (Å²) in [5.41, 5.74) is -0.590. The Morgan fingerprint density at radius 1 is 1.18 bits per heavy atom. The molecule has 1 N–H and O–H groups in total. The maximum absolute atomic E-state index is 13.0. The van der Waals surface area contributed by atoms with Crippen LogP contribution in [0, 0.1) is 5.41 Å². The van der Waals surface area contributed by atoms with Crippen LogP contribution in [0.4, 0.5) is 0 Å². The molecule has 1 aromatic carbocycles. The Labute approximate surface area is 165 Å². The fourth-order valence-electron chi connectivity index (χ4n) is 4.20. The van der Waals surface area contributed by atoms with Crippen molar-refractivity contribution in [2.75, 3.05) is 33.9 Å². The number of aliphatic carboxylic acids is 1. The third-order valence-corrected chi connectivity index (χ3v) is 5.74. The molecule has 1 amide bonds. The standard InChI is InChI=1S/C21H29NO6/c1-26-14-21(20(24)25)10-5-11-22(13-21)19(23)15-8-9-17(18(12-15)27-2)28-16-6-3-4-7-16/h8-9,12,16H,3-7,10-11,13-14H2,1-2H3,(H,24,25). The number of likely N-dealkylation sites (tertiary alicyclic amines) is 1. The minimum Gasteiger partial charge on any atom is -0.493 e. The van der Waals surface area contributed by atoms with E-state index in [0.29, 0.717) is 36.4 Å². The van der Waals surface area contributed by atoms with Crippen molar-refractivity contribution >= 4 is 11.9 Å². The molecule has 1 aliphatic heterocycles. The van der Waals surface area contributed by atoms with Crippen molar-refractivity contribution in [1.82, 2.24) is 4.90 Å². The van der Waals surface area contributed by atoms with Crippen LogP contribution >= 0.6 is 0 Å². The van der Waals surface area contributed by atoms with Crippen LogP contribution in [0.5, 0.6) is 11.5 Å². The van der Waals surface area contributed by atoms with Gasteiger partial charge in [-0.25, -0.2) is 0 Å². The summed E-state index contributed by atoms with van der Waals surface area (Å²) in [7, 11) is 3.04. The van der Waals surface area contributed by atoms with E-state index in [1.165, 1.54) is 20.0 Å². The average Bonchev–Trinajstić information content (AvgIpc) is 3.21. The SMILES string of the molecule is COCC1(C(=O)O)CCCN(C(=O)c2ccc(OC3CCCC3)c(OC)c2)C1. The zero-order valence-corrected chi connectivity index (χ0v) is 16.6. The van der Waals surface area contributed by atoms with E-state index in [9.17, 15) is 14.7 Å². The quantitative estimate of drug-likeness (QED) is 0.769. The number of piperidine rings is 1. The summed E-state index contributed by atoms with van der Waals surface area (Å²) >= 11 is 0. The van der Waals surface area contributed by atoms with E-state index in [1.807, 2.05) is 0 Å². The number of carboxylic acids is 1. The van der Waals surface area contributed by atoms with Crippen molar-refractivity contribution in [3.63, 3.8) is 0 Å². The lowest BCUT2D eigenvalue weighted by Gasteiger charge is -2.39. The summed E-state index contributed by atoms with van der Waals surface area (Å²) in [5.74, 6) is 0.0388. The molecule has 2 fully saturated rings. The molecular weight excluding hydrogens is 362 g/mol. The zero-order valence-electron chi connectivity index (χ0n) is 16.6. The van der Waals surface area contributed by atoms with Crippen LogP contribution in [0.25, 0.3) is 0 Å². The highest BCUT2D eigenvalue weighted by molar-refractivity contribution is 5.95. The molecule has 1 saturated carbocycles. The van der Waals surface area contributed by atoms with Crippen molar-refractivity contribution < 1.29 is 28.9 Å². The van der Waals surface area contributed by atoms with E-state index >= 15 is 0 Å². The van der Waals surface area contributed by atoms with Crippen LogP contribution < -0.4 is 9.47 Å². The van der Waals surface area contributed by atoms with E-state index in [4.69, 9.17) is 14.2 Å². The largest absolute Gasteiger partial charge is 0.493 e. The average molecular weight is 391 g/mol. The van der Waals surface area contributed by atoms with Crippen LogP contribution in [-0.4, -0.2) is 61.9 Å². The van der Waals surface area contributed by atoms with Gasteiger partial charge in [-0.15, -0.1) is 0 Å². The molecule has 1 atom stereocenters. The Morgan fingerprint density at radius 3 is 2.57 bits per heavy atom. The Morgan fingerprint density at radius 2 is 1.93 bits per heavy atom. The molecule has 7 heteroatoms. The van der Waals surface area contributed by atoms with Gasteiger partial charge in [-0.3, -0.25) is 9.59 Å².